The van der Waals surface area contributed by atoms with Gasteiger partial charge in [0.1, 0.15) is 5.82 Å². The Morgan fingerprint density at radius 3 is 2.67 bits per heavy atom. The first kappa shape index (κ1) is 20.4. The molecule has 0 bridgehead atoms. The summed E-state index contributed by atoms with van der Waals surface area (Å²) >= 11 is 1.29. The summed E-state index contributed by atoms with van der Waals surface area (Å²) in [5, 5.41) is 12.1. The number of thioether (sulfide) groups is 1. The van der Waals surface area contributed by atoms with E-state index in [1.807, 2.05) is 35.8 Å². The van der Waals surface area contributed by atoms with Crippen LogP contribution >= 0.6 is 11.8 Å². The number of rotatable bonds is 6. The Bertz CT molecular complexity index is 1020. The van der Waals surface area contributed by atoms with Gasteiger partial charge in [-0.15, -0.1) is 10.2 Å². The predicted molar refractivity (Wildman–Crippen MR) is 115 cm³/mol. The molecule has 9 heteroatoms. The highest BCUT2D eigenvalue weighted by atomic mass is 32.2. The molecule has 1 saturated heterocycles. The maximum atomic E-state index is 13.3. The zero-order valence-electron chi connectivity index (χ0n) is 16.5. The van der Waals surface area contributed by atoms with E-state index in [1.165, 1.54) is 23.9 Å². The molecule has 30 heavy (non-hydrogen) atoms. The van der Waals surface area contributed by atoms with Crippen LogP contribution in [0.25, 0.3) is 5.69 Å². The Morgan fingerprint density at radius 2 is 1.93 bits per heavy atom. The fourth-order valence-corrected chi connectivity index (χ4v) is 3.88. The zero-order chi connectivity index (χ0) is 20.9. The number of benzene rings is 2. The van der Waals surface area contributed by atoms with Crippen LogP contribution < -0.4 is 10.2 Å². The lowest BCUT2D eigenvalue weighted by molar-refractivity contribution is -0.113. The first-order valence-corrected chi connectivity index (χ1v) is 10.6. The molecule has 156 valence electrons. The molecule has 0 atom stereocenters. The van der Waals surface area contributed by atoms with Gasteiger partial charge in [0.15, 0.2) is 5.16 Å². The smallest absolute Gasteiger partial charge is 0.234 e. The Hall–Kier alpha value is -2.91. The van der Waals surface area contributed by atoms with Gasteiger partial charge < -0.3 is 15.0 Å². The number of carbonyl (C=O) groups excluding carboxylic acids is 1. The Balaban J connectivity index is 1.54. The summed E-state index contributed by atoms with van der Waals surface area (Å²) in [5.41, 5.74) is 2.51. The van der Waals surface area contributed by atoms with Crippen LogP contribution in [0.5, 0.6) is 0 Å². The quantitative estimate of drug-likeness (QED) is 0.609. The Kier molecular flexibility index (Phi) is 6.29. The average molecular weight is 428 g/mol. The van der Waals surface area contributed by atoms with Crippen molar-refractivity contribution in [2.75, 3.05) is 42.3 Å². The standard InChI is InChI=1S/C21H22FN5O2S/c1-15-5-7-18(8-6-15)27-20(26-9-11-29-12-10-26)24-25-21(27)30-14-19(28)23-17-4-2-3-16(22)13-17/h2-8,13H,9-12,14H2,1H3,(H,23,28). The first-order chi connectivity index (χ1) is 14.6. The van der Waals surface area contributed by atoms with E-state index in [0.717, 1.165) is 30.3 Å². The van der Waals surface area contributed by atoms with E-state index in [4.69, 9.17) is 4.74 Å². The SMILES string of the molecule is Cc1ccc(-n2c(SCC(=O)Nc3cccc(F)c3)nnc2N2CCOCC2)cc1. The number of aryl methyl sites for hydroxylation is 1. The molecule has 1 aromatic heterocycles. The van der Waals surface area contributed by atoms with Crippen LogP contribution in [0, 0.1) is 12.7 Å². The van der Waals surface area contributed by atoms with Gasteiger partial charge in [0.2, 0.25) is 11.9 Å². The van der Waals surface area contributed by atoms with Crippen molar-refractivity contribution in [3.8, 4) is 5.69 Å². The molecule has 1 aliphatic heterocycles. The lowest BCUT2D eigenvalue weighted by atomic mass is 10.2. The lowest BCUT2D eigenvalue weighted by Gasteiger charge is -2.27. The van der Waals surface area contributed by atoms with Crippen molar-refractivity contribution in [2.45, 2.75) is 12.1 Å². The third-order valence-electron chi connectivity index (χ3n) is 4.64. The van der Waals surface area contributed by atoms with E-state index in [2.05, 4.69) is 20.4 Å². The number of morpholine rings is 1. The molecule has 0 unspecified atom stereocenters. The first-order valence-electron chi connectivity index (χ1n) is 9.63. The van der Waals surface area contributed by atoms with Crippen LogP contribution in [0.2, 0.25) is 0 Å². The zero-order valence-corrected chi connectivity index (χ0v) is 17.4. The van der Waals surface area contributed by atoms with Crippen LogP contribution in [0.4, 0.5) is 16.0 Å². The third-order valence-corrected chi connectivity index (χ3v) is 5.57. The van der Waals surface area contributed by atoms with Gasteiger partial charge in [0, 0.05) is 18.8 Å². The van der Waals surface area contributed by atoms with Gasteiger partial charge in [0.05, 0.1) is 24.7 Å². The summed E-state index contributed by atoms with van der Waals surface area (Å²) < 4.78 is 20.7. The summed E-state index contributed by atoms with van der Waals surface area (Å²) in [5.74, 6) is 0.228. The van der Waals surface area contributed by atoms with Crippen molar-refractivity contribution in [2.24, 2.45) is 0 Å². The molecule has 4 rings (SSSR count). The predicted octanol–water partition coefficient (Wildman–Crippen LogP) is 3.28. The van der Waals surface area contributed by atoms with E-state index >= 15 is 0 Å². The summed E-state index contributed by atoms with van der Waals surface area (Å²) in [6.45, 7) is 4.77. The summed E-state index contributed by atoms with van der Waals surface area (Å²) in [6, 6.07) is 13.9. The molecule has 7 nitrogen and oxygen atoms in total. The van der Waals surface area contributed by atoms with Crippen LogP contribution in [-0.2, 0) is 9.53 Å². The number of halogens is 1. The third kappa shape index (κ3) is 4.80. The maximum Gasteiger partial charge on any atom is 0.234 e. The van der Waals surface area contributed by atoms with Gasteiger partial charge in [-0.05, 0) is 37.3 Å². The molecule has 1 N–H and O–H groups in total. The van der Waals surface area contributed by atoms with Crippen molar-refractivity contribution >= 4 is 29.3 Å². The van der Waals surface area contributed by atoms with E-state index in [9.17, 15) is 9.18 Å². The average Bonchev–Trinajstić information content (AvgIpc) is 3.17. The van der Waals surface area contributed by atoms with E-state index in [0.29, 0.717) is 24.1 Å². The normalized spacial score (nSPS) is 14.0. The molecule has 0 aliphatic carbocycles. The fraction of sp³-hybridized carbons (Fsp3) is 0.286. The number of nitrogens with one attached hydrogen (secondary N) is 1. The molecule has 3 aromatic rings. The number of aromatic nitrogens is 3. The van der Waals surface area contributed by atoms with E-state index in [-0.39, 0.29) is 11.7 Å². The van der Waals surface area contributed by atoms with Crippen LogP contribution in [-0.4, -0.2) is 52.7 Å². The number of nitrogens with zero attached hydrogens (tertiary/aromatic N) is 4. The van der Waals surface area contributed by atoms with Crippen LogP contribution in [0.3, 0.4) is 0 Å². The molecular formula is C21H22FN5O2S. The lowest BCUT2D eigenvalue weighted by Crippen LogP contribution is -2.37. The van der Waals surface area contributed by atoms with Crippen LogP contribution in [0.15, 0.2) is 53.7 Å². The molecule has 0 saturated carbocycles. The second-order valence-corrected chi connectivity index (χ2v) is 7.84. The maximum absolute atomic E-state index is 13.3. The summed E-state index contributed by atoms with van der Waals surface area (Å²) in [7, 11) is 0. The number of anilines is 2. The minimum absolute atomic E-state index is 0.129. The number of carbonyl (C=O) groups is 1. The topological polar surface area (TPSA) is 72.3 Å². The van der Waals surface area contributed by atoms with E-state index in [1.54, 1.807) is 12.1 Å². The second-order valence-electron chi connectivity index (χ2n) is 6.90. The van der Waals surface area contributed by atoms with Crippen molar-refractivity contribution in [1.82, 2.24) is 14.8 Å². The molecule has 1 fully saturated rings. The molecule has 1 aliphatic rings. The molecule has 2 aromatic carbocycles. The molecule has 2 heterocycles. The minimum atomic E-state index is -0.394. The minimum Gasteiger partial charge on any atom is -0.378 e. The number of hydrogen-bond acceptors (Lipinski definition) is 6. The van der Waals surface area contributed by atoms with Crippen LogP contribution in [0.1, 0.15) is 5.56 Å². The van der Waals surface area contributed by atoms with Crippen molar-refractivity contribution in [3.63, 3.8) is 0 Å². The summed E-state index contributed by atoms with van der Waals surface area (Å²) in [6.07, 6.45) is 0. The number of ether oxygens (including phenoxy) is 1. The van der Waals surface area contributed by atoms with Gasteiger partial charge in [-0.1, -0.05) is 35.5 Å². The van der Waals surface area contributed by atoms with Crippen molar-refractivity contribution in [1.29, 1.82) is 0 Å². The van der Waals surface area contributed by atoms with Gasteiger partial charge in [-0.2, -0.15) is 0 Å². The monoisotopic (exact) mass is 427 g/mol. The van der Waals surface area contributed by atoms with Gasteiger partial charge in [-0.25, -0.2) is 4.39 Å². The van der Waals surface area contributed by atoms with Crippen molar-refractivity contribution < 1.29 is 13.9 Å². The number of amides is 1. The Morgan fingerprint density at radius 1 is 1.17 bits per heavy atom. The molecular weight excluding hydrogens is 405 g/mol. The van der Waals surface area contributed by atoms with Gasteiger partial charge in [-0.3, -0.25) is 9.36 Å². The molecule has 0 radical (unpaired) electrons. The highest BCUT2D eigenvalue weighted by Gasteiger charge is 2.22. The van der Waals surface area contributed by atoms with Gasteiger partial charge >= 0.3 is 0 Å². The highest BCUT2D eigenvalue weighted by molar-refractivity contribution is 7.99. The second kappa shape index (κ2) is 9.27. The van der Waals surface area contributed by atoms with Crippen molar-refractivity contribution in [3.05, 3.63) is 59.9 Å². The summed E-state index contributed by atoms with van der Waals surface area (Å²) in [4.78, 5) is 14.5. The molecule has 1 amide bonds. The largest absolute Gasteiger partial charge is 0.378 e. The fourth-order valence-electron chi connectivity index (χ4n) is 3.14. The molecule has 0 spiro atoms. The van der Waals surface area contributed by atoms with Gasteiger partial charge in [0.25, 0.3) is 0 Å². The Labute approximate surface area is 178 Å². The highest BCUT2D eigenvalue weighted by Crippen LogP contribution is 2.27. The number of hydrogen-bond donors (Lipinski definition) is 1. The van der Waals surface area contributed by atoms with E-state index < -0.39 is 5.82 Å².